The Kier molecular flexibility index (Phi) is 4.47. The molecule has 1 aliphatic carbocycles. The second-order valence-electron chi connectivity index (χ2n) is 4.97. The molecule has 1 aromatic rings. The van der Waals surface area contributed by atoms with Crippen molar-refractivity contribution in [1.82, 2.24) is 5.32 Å². The van der Waals surface area contributed by atoms with Crippen LogP contribution in [0.4, 0.5) is 8.78 Å². The van der Waals surface area contributed by atoms with Crippen LogP contribution in [0.3, 0.4) is 0 Å². The third kappa shape index (κ3) is 3.73. The van der Waals surface area contributed by atoms with Gasteiger partial charge >= 0.3 is 0 Å². The van der Waals surface area contributed by atoms with E-state index >= 15 is 0 Å². The Bertz CT molecular complexity index is 461. The highest BCUT2D eigenvalue weighted by molar-refractivity contribution is 5.79. The van der Waals surface area contributed by atoms with Gasteiger partial charge in [0.05, 0.1) is 6.10 Å². The number of hydrogen-bond donors (Lipinski definition) is 2. The van der Waals surface area contributed by atoms with Crippen LogP contribution in [0, 0.1) is 17.6 Å². The molecule has 104 valence electrons. The predicted molar refractivity (Wildman–Crippen MR) is 66.4 cm³/mol. The molecule has 0 saturated heterocycles. The maximum atomic E-state index is 13.4. The van der Waals surface area contributed by atoms with Crippen LogP contribution in [0.2, 0.25) is 0 Å². The number of halogens is 2. The van der Waals surface area contributed by atoms with Crippen molar-refractivity contribution in [1.29, 1.82) is 0 Å². The van der Waals surface area contributed by atoms with Gasteiger partial charge in [-0.15, -0.1) is 0 Å². The van der Waals surface area contributed by atoms with Crippen LogP contribution >= 0.6 is 0 Å². The Morgan fingerprint density at radius 1 is 1.42 bits per heavy atom. The van der Waals surface area contributed by atoms with Gasteiger partial charge in [-0.05, 0) is 24.5 Å². The first-order valence-electron chi connectivity index (χ1n) is 6.46. The lowest BCUT2D eigenvalue weighted by atomic mass is 9.85. The van der Waals surface area contributed by atoms with E-state index in [1.54, 1.807) is 0 Å². The van der Waals surface area contributed by atoms with Crippen molar-refractivity contribution in [3.63, 3.8) is 0 Å². The van der Waals surface area contributed by atoms with E-state index in [0.717, 1.165) is 31.4 Å². The summed E-state index contributed by atoms with van der Waals surface area (Å²) in [6, 6.07) is 3.24. The zero-order chi connectivity index (χ0) is 13.8. The molecule has 2 N–H and O–H groups in total. The van der Waals surface area contributed by atoms with Crippen molar-refractivity contribution in [3.05, 3.63) is 35.4 Å². The van der Waals surface area contributed by atoms with Crippen LogP contribution in [0.25, 0.3) is 0 Å². The largest absolute Gasteiger partial charge is 0.391 e. The van der Waals surface area contributed by atoms with Crippen molar-refractivity contribution in [2.45, 2.75) is 31.8 Å². The zero-order valence-corrected chi connectivity index (χ0v) is 10.5. The first kappa shape index (κ1) is 13.9. The van der Waals surface area contributed by atoms with Gasteiger partial charge in [-0.3, -0.25) is 4.79 Å². The molecular weight excluding hydrogens is 252 g/mol. The summed E-state index contributed by atoms with van der Waals surface area (Å²) in [5.41, 5.74) is 0.242. The van der Waals surface area contributed by atoms with Crippen molar-refractivity contribution >= 4 is 5.91 Å². The molecule has 0 aromatic heterocycles. The highest BCUT2D eigenvalue weighted by Crippen LogP contribution is 2.26. The van der Waals surface area contributed by atoms with Crippen LogP contribution in [-0.2, 0) is 11.2 Å². The summed E-state index contributed by atoms with van der Waals surface area (Å²) in [5, 5.41) is 12.4. The molecule has 0 heterocycles. The second-order valence-corrected chi connectivity index (χ2v) is 4.97. The predicted octanol–water partition coefficient (Wildman–Crippen LogP) is 1.78. The number of hydrogen-bond acceptors (Lipinski definition) is 2. The smallest absolute Gasteiger partial charge is 0.223 e. The van der Waals surface area contributed by atoms with E-state index in [9.17, 15) is 18.7 Å². The van der Waals surface area contributed by atoms with E-state index in [-0.39, 0.29) is 30.4 Å². The van der Waals surface area contributed by atoms with E-state index in [0.29, 0.717) is 0 Å². The van der Waals surface area contributed by atoms with Crippen molar-refractivity contribution < 1.29 is 18.7 Å². The van der Waals surface area contributed by atoms with Crippen LogP contribution < -0.4 is 5.32 Å². The standard InChI is InChI=1S/C14H17F2NO2/c15-11-5-4-10(13(16)7-11)6-12(18)8-17-14(19)9-2-1-3-9/h4-5,7,9,12,18H,1-3,6,8H2,(H,17,19)/t12-/m1/s1. The first-order chi connectivity index (χ1) is 9.06. The van der Waals surface area contributed by atoms with Crippen LogP contribution in [0.15, 0.2) is 18.2 Å². The summed E-state index contributed by atoms with van der Waals surface area (Å²) in [4.78, 5) is 11.5. The average Bonchev–Trinajstić information content (AvgIpc) is 2.28. The van der Waals surface area contributed by atoms with Gasteiger partial charge in [0.1, 0.15) is 11.6 Å². The summed E-state index contributed by atoms with van der Waals surface area (Å²) in [6.07, 6.45) is 2.05. The molecule has 1 aromatic carbocycles. The molecule has 0 spiro atoms. The number of aliphatic hydroxyl groups is 1. The number of carbonyl (C=O) groups excluding carboxylic acids is 1. The number of rotatable bonds is 5. The lowest BCUT2D eigenvalue weighted by molar-refractivity contribution is -0.127. The van der Waals surface area contributed by atoms with Gasteiger partial charge < -0.3 is 10.4 Å². The van der Waals surface area contributed by atoms with Gasteiger partial charge in [-0.2, -0.15) is 0 Å². The summed E-state index contributed by atoms with van der Waals surface area (Å²) < 4.78 is 26.1. The highest BCUT2D eigenvalue weighted by atomic mass is 19.1. The van der Waals surface area contributed by atoms with E-state index in [4.69, 9.17) is 0 Å². The molecule has 1 amide bonds. The number of aliphatic hydroxyl groups excluding tert-OH is 1. The fraction of sp³-hybridized carbons (Fsp3) is 0.500. The highest BCUT2D eigenvalue weighted by Gasteiger charge is 2.25. The molecule has 19 heavy (non-hydrogen) atoms. The molecular formula is C14H17F2NO2. The molecule has 0 unspecified atom stereocenters. The Hall–Kier alpha value is -1.49. The molecule has 2 rings (SSSR count). The quantitative estimate of drug-likeness (QED) is 0.856. The fourth-order valence-corrected chi connectivity index (χ4v) is 2.05. The fourth-order valence-electron chi connectivity index (χ4n) is 2.05. The first-order valence-corrected chi connectivity index (χ1v) is 6.46. The van der Waals surface area contributed by atoms with E-state index in [2.05, 4.69) is 5.32 Å². The molecule has 5 heteroatoms. The minimum atomic E-state index is -0.871. The maximum Gasteiger partial charge on any atom is 0.223 e. The van der Waals surface area contributed by atoms with Gasteiger partial charge in [-0.25, -0.2) is 8.78 Å². The maximum absolute atomic E-state index is 13.4. The van der Waals surface area contributed by atoms with Gasteiger partial charge in [0.2, 0.25) is 5.91 Å². The van der Waals surface area contributed by atoms with Crippen LogP contribution in [0.1, 0.15) is 24.8 Å². The van der Waals surface area contributed by atoms with E-state index in [1.165, 1.54) is 6.07 Å². The monoisotopic (exact) mass is 269 g/mol. The molecule has 1 saturated carbocycles. The van der Waals surface area contributed by atoms with Gasteiger partial charge in [0, 0.05) is 24.9 Å². The van der Waals surface area contributed by atoms with Crippen molar-refractivity contribution in [2.75, 3.05) is 6.54 Å². The summed E-state index contributed by atoms with van der Waals surface area (Å²) in [7, 11) is 0. The molecule has 1 atom stereocenters. The van der Waals surface area contributed by atoms with Gasteiger partial charge in [-0.1, -0.05) is 12.5 Å². The second kappa shape index (κ2) is 6.10. The molecule has 0 bridgehead atoms. The summed E-state index contributed by atoms with van der Waals surface area (Å²) in [5.74, 6) is -1.31. The normalized spacial score (nSPS) is 16.8. The molecule has 1 aliphatic rings. The molecule has 3 nitrogen and oxygen atoms in total. The summed E-state index contributed by atoms with van der Waals surface area (Å²) in [6.45, 7) is 0.0894. The number of benzene rings is 1. The summed E-state index contributed by atoms with van der Waals surface area (Å²) >= 11 is 0. The third-order valence-corrected chi connectivity index (χ3v) is 3.46. The van der Waals surface area contributed by atoms with E-state index < -0.39 is 17.7 Å². The van der Waals surface area contributed by atoms with E-state index in [1.807, 2.05) is 0 Å². The van der Waals surface area contributed by atoms with Gasteiger partial charge in [0.15, 0.2) is 0 Å². The molecule has 1 fully saturated rings. The number of amides is 1. The number of nitrogens with one attached hydrogen (secondary N) is 1. The minimum Gasteiger partial charge on any atom is -0.391 e. The molecule has 0 aliphatic heterocycles. The van der Waals surface area contributed by atoms with Crippen LogP contribution in [0.5, 0.6) is 0 Å². The Labute approximate surface area is 110 Å². The molecule has 0 radical (unpaired) electrons. The Balaban J connectivity index is 1.80. The number of carbonyl (C=O) groups is 1. The lowest BCUT2D eigenvalue weighted by Crippen LogP contribution is -2.39. The van der Waals surface area contributed by atoms with Gasteiger partial charge in [0.25, 0.3) is 0 Å². The Morgan fingerprint density at radius 3 is 2.74 bits per heavy atom. The third-order valence-electron chi connectivity index (χ3n) is 3.46. The van der Waals surface area contributed by atoms with Crippen molar-refractivity contribution in [2.24, 2.45) is 5.92 Å². The topological polar surface area (TPSA) is 49.3 Å². The average molecular weight is 269 g/mol. The lowest BCUT2D eigenvalue weighted by Gasteiger charge is -2.24. The van der Waals surface area contributed by atoms with Crippen LogP contribution in [-0.4, -0.2) is 23.7 Å². The zero-order valence-electron chi connectivity index (χ0n) is 10.5. The Morgan fingerprint density at radius 2 is 2.16 bits per heavy atom. The minimum absolute atomic E-state index is 0.0510. The SMILES string of the molecule is O=C(NC[C@H](O)Cc1ccc(F)cc1F)C1CCC1. The van der Waals surface area contributed by atoms with Crippen molar-refractivity contribution in [3.8, 4) is 0 Å².